The molecular weight excluding hydrogens is 338 g/mol. The first kappa shape index (κ1) is 15.0. The van der Waals surface area contributed by atoms with Gasteiger partial charge in [0.1, 0.15) is 0 Å². The Kier molecular flexibility index (Phi) is 4.91. The molecule has 2 aromatic carbocycles. The molecule has 21 heavy (non-hydrogen) atoms. The second kappa shape index (κ2) is 6.87. The zero-order valence-corrected chi connectivity index (χ0v) is 12.4. The van der Waals surface area contributed by atoms with Crippen molar-refractivity contribution in [1.29, 1.82) is 0 Å². The standard InChI is InChI=1S/C14H12BrN3O3/c15-10-6-7-11(12(16)8-10)14(20)21-18-17-13(19)9-4-2-1-3-5-9/h1-8,18H,16H2,(H,17,19). The van der Waals surface area contributed by atoms with Gasteiger partial charge in [-0.25, -0.2) is 4.79 Å². The molecule has 0 atom stereocenters. The SMILES string of the molecule is Nc1cc(Br)ccc1C(=O)ONNC(=O)c1ccccc1. The monoisotopic (exact) mass is 349 g/mol. The fourth-order valence-corrected chi connectivity index (χ4v) is 1.93. The lowest BCUT2D eigenvalue weighted by Crippen LogP contribution is -2.39. The highest BCUT2D eigenvalue weighted by Gasteiger charge is 2.12. The molecule has 0 radical (unpaired) electrons. The van der Waals surface area contributed by atoms with E-state index in [0.29, 0.717) is 5.56 Å². The van der Waals surface area contributed by atoms with E-state index in [-0.39, 0.29) is 11.3 Å². The first-order valence-electron chi connectivity index (χ1n) is 5.94. The zero-order valence-electron chi connectivity index (χ0n) is 10.8. The lowest BCUT2D eigenvalue weighted by Gasteiger charge is -2.08. The van der Waals surface area contributed by atoms with Crippen LogP contribution < -0.4 is 16.7 Å². The van der Waals surface area contributed by atoms with Crippen molar-refractivity contribution >= 4 is 33.5 Å². The molecule has 0 fully saturated rings. The predicted molar refractivity (Wildman–Crippen MR) is 81.0 cm³/mol. The van der Waals surface area contributed by atoms with Crippen LogP contribution in [0.5, 0.6) is 0 Å². The molecule has 2 aromatic rings. The minimum absolute atomic E-state index is 0.194. The van der Waals surface area contributed by atoms with E-state index in [0.717, 1.165) is 4.47 Å². The summed E-state index contributed by atoms with van der Waals surface area (Å²) in [7, 11) is 0. The maximum Gasteiger partial charge on any atom is 0.360 e. The summed E-state index contributed by atoms with van der Waals surface area (Å²) in [5.74, 6) is -1.12. The van der Waals surface area contributed by atoms with Crippen molar-refractivity contribution < 1.29 is 14.4 Å². The van der Waals surface area contributed by atoms with E-state index in [1.807, 2.05) is 0 Å². The number of hydrogen-bond acceptors (Lipinski definition) is 5. The number of hydrazine groups is 1. The first-order chi connectivity index (χ1) is 10.1. The number of benzene rings is 2. The second-order valence-corrected chi connectivity index (χ2v) is 4.96. The summed E-state index contributed by atoms with van der Waals surface area (Å²) in [5, 5.41) is 0. The van der Waals surface area contributed by atoms with Gasteiger partial charge in [-0.1, -0.05) is 39.7 Å². The predicted octanol–water partition coefficient (Wildman–Crippen LogP) is 2.04. The maximum atomic E-state index is 11.8. The van der Waals surface area contributed by atoms with Crippen LogP contribution in [0.2, 0.25) is 0 Å². The van der Waals surface area contributed by atoms with Gasteiger partial charge in [0, 0.05) is 15.7 Å². The zero-order chi connectivity index (χ0) is 15.2. The van der Waals surface area contributed by atoms with Gasteiger partial charge < -0.3 is 10.6 Å². The minimum Gasteiger partial charge on any atom is -0.398 e. The summed E-state index contributed by atoms with van der Waals surface area (Å²) in [6.45, 7) is 0. The Bertz CT molecular complexity index is 662. The molecule has 0 saturated carbocycles. The van der Waals surface area contributed by atoms with Gasteiger partial charge >= 0.3 is 5.97 Å². The molecule has 0 spiro atoms. The molecule has 4 N–H and O–H groups in total. The van der Waals surface area contributed by atoms with Crippen LogP contribution in [0.25, 0.3) is 0 Å². The Balaban J connectivity index is 1.89. The number of nitrogens with two attached hydrogens (primary N) is 1. The third kappa shape index (κ3) is 4.04. The summed E-state index contributed by atoms with van der Waals surface area (Å²) in [6.07, 6.45) is 0. The van der Waals surface area contributed by atoms with Gasteiger partial charge in [0.15, 0.2) is 0 Å². The molecule has 6 nitrogen and oxygen atoms in total. The van der Waals surface area contributed by atoms with Crippen molar-refractivity contribution in [1.82, 2.24) is 11.0 Å². The molecule has 0 aromatic heterocycles. The molecule has 2 rings (SSSR count). The van der Waals surface area contributed by atoms with Crippen LogP contribution in [0.1, 0.15) is 20.7 Å². The highest BCUT2D eigenvalue weighted by Crippen LogP contribution is 2.18. The van der Waals surface area contributed by atoms with Gasteiger partial charge in [0.2, 0.25) is 0 Å². The fraction of sp³-hybridized carbons (Fsp3) is 0. The lowest BCUT2D eigenvalue weighted by atomic mass is 10.2. The number of rotatable bonds is 4. The lowest BCUT2D eigenvalue weighted by molar-refractivity contribution is 0.0139. The highest BCUT2D eigenvalue weighted by molar-refractivity contribution is 9.10. The van der Waals surface area contributed by atoms with E-state index in [1.165, 1.54) is 6.07 Å². The number of nitrogen functional groups attached to an aromatic ring is 1. The van der Waals surface area contributed by atoms with Crippen LogP contribution >= 0.6 is 15.9 Å². The Morgan fingerprint density at radius 3 is 2.48 bits per heavy atom. The van der Waals surface area contributed by atoms with Crippen molar-refractivity contribution in [3.05, 3.63) is 64.1 Å². The molecule has 0 heterocycles. The molecule has 108 valence electrons. The number of halogens is 1. The minimum atomic E-state index is -0.701. The van der Waals surface area contributed by atoms with Crippen LogP contribution in [-0.4, -0.2) is 11.9 Å². The van der Waals surface area contributed by atoms with Gasteiger partial charge in [-0.3, -0.25) is 10.2 Å². The third-order valence-corrected chi connectivity index (χ3v) is 3.07. The van der Waals surface area contributed by atoms with E-state index in [4.69, 9.17) is 10.6 Å². The fourth-order valence-electron chi connectivity index (χ4n) is 1.55. The van der Waals surface area contributed by atoms with Crippen LogP contribution in [-0.2, 0) is 4.84 Å². The van der Waals surface area contributed by atoms with E-state index in [1.54, 1.807) is 42.5 Å². The Labute approximate surface area is 129 Å². The van der Waals surface area contributed by atoms with Crippen molar-refractivity contribution in [2.75, 3.05) is 5.73 Å². The van der Waals surface area contributed by atoms with E-state index >= 15 is 0 Å². The number of nitrogens with one attached hydrogen (secondary N) is 2. The number of carbonyl (C=O) groups excluding carboxylic acids is 2. The van der Waals surface area contributed by atoms with Crippen LogP contribution in [0, 0.1) is 0 Å². The molecule has 0 saturated heterocycles. The number of amides is 1. The topological polar surface area (TPSA) is 93.5 Å². The van der Waals surface area contributed by atoms with Gasteiger partial charge in [-0.15, -0.1) is 0 Å². The van der Waals surface area contributed by atoms with Gasteiger partial charge in [0.05, 0.1) is 5.56 Å². The summed E-state index contributed by atoms with van der Waals surface area (Å²) >= 11 is 3.24. The maximum absolute atomic E-state index is 11.8. The van der Waals surface area contributed by atoms with Crippen molar-refractivity contribution in [2.45, 2.75) is 0 Å². The Morgan fingerprint density at radius 2 is 1.81 bits per heavy atom. The molecule has 1 amide bonds. The van der Waals surface area contributed by atoms with E-state index < -0.39 is 11.9 Å². The molecule has 0 aliphatic heterocycles. The van der Waals surface area contributed by atoms with Crippen LogP contribution in [0.15, 0.2) is 53.0 Å². The Hall–Kier alpha value is -2.38. The first-order valence-corrected chi connectivity index (χ1v) is 6.74. The normalized spacial score (nSPS) is 9.95. The molecule has 0 aliphatic carbocycles. The smallest absolute Gasteiger partial charge is 0.360 e. The highest BCUT2D eigenvalue weighted by atomic mass is 79.9. The average Bonchev–Trinajstić information content (AvgIpc) is 2.47. The number of hydrogen-bond donors (Lipinski definition) is 3. The molecular formula is C14H12BrN3O3. The van der Waals surface area contributed by atoms with E-state index in [2.05, 4.69) is 26.9 Å². The van der Waals surface area contributed by atoms with Gasteiger partial charge in [0.25, 0.3) is 5.91 Å². The van der Waals surface area contributed by atoms with Crippen molar-refractivity contribution in [3.63, 3.8) is 0 Å². The number of anilines is 1. The molecule has 0 bridgehead atoms. The summed E-state index contributed by atoms with van der Waals surface area (Å²) in [6, 6.07) is 13.3. The van der Waals surface area contributed by atoms with Crippen LogP contribution in [0.4, 0.5) is 5.69 Å². The van der Waals surface area contributed by atoms with Crippen molar-refractivity contribution in [3.8, 4) is 0 Å². The molecule has 0 unspecified atom stereocenters. The Morgan fingerprint density at radius 1 is 1.10 bits per heavy atom. The van der Waals surface area contributed by atoms with Crippen LogP contribution in [0.3, 0.4) is 0 Å². The third-order valence-electron chi connectivity index (χ3n) is 2.58. The van der Waals surface area contributed by atoms with Gasteiger partial charge in [-0.2, -0.15) is 0 Å². The summed E-state index contributed by atoms with van der Waals surface area (Å²) in [4.78, 5) is 28.2. The summed E-state index contributed by atoms with van der Waals surface area (Å²) in [5.41, 5.74) is 11.0. The summed E-state index contributed by atoms with van der Waals surface area (Å²) < 4.78 is 0.752. The van der Waals surface area contributed by atoms with E-state index in [9.17, 15) is 9.59 Å². The van der Waals surface area contributed by atoms with Gasteiger partial charge in [-0.05, 0) is 30.3 Å². The average molecular weight is 350 g/mol. The second-order valence-electron chi connectivity index (χ2n) is 4.04. The quantitative estimate of drug-likeness (QED) is 0.580. The van der Waals surface area contributed by atoms with Crippen molar-refractivity contribution in [2.24, 2.45) is 0 Å². The number of carbonyl (C=O) groups is 2. The molecule has 7 heteroatoms. The molecule has 0 aliphatic rings. The largest absolute Gasteiger partial charge is 0.398 e.